The topological polar surface area (TPSA) is 50.7 Å². The molecule has 1 aromatic rings. The summed E-state index contributed by atoms with van der Waals surface area (Å²) >= 11 is 0. The van der Waals surface area contributed by atoms with Gasteiger partial charge in [-0.25, -0.2) is 9.87 Å². The van der Waals surface area contributed by atoms with Crippen LogP contribution in [0.5, 0.6) is 11.5 Å². The highest BCUT2D eigenvalue weighted by atomic mass is 19.1. The lowest BCUT2D eigenvalue weighted by atomic mass is 10.0. The number of halogens is 1. The maximum atomic E-state index is 13.5. The fourth-order valence-electron chi connectivity index (χ4n) is 1.88. The van der Waals surface area contributed by atoms with Crippen LogP contribution >= 0.6 is 0 Å². The zero-order valence-electron chi connectivity index (χ0n) is 9.70. The summed E-state index contributed by atoms with van der Waals surface area (Å²) < 4.78 is 24.5. The summed E-state index contributed by atoms with van der Waals surface area (Å²) in [5, 5.41) is 8.74. The van der Waals surface area contributed by atoms with E-state index >= 15 is 0 Å². The van der Waals surface area contributed by atoms with Crippen molar-refractivity contribution in [1.29, 1.82) is 0 Å². The lowest BCUT2D eigenvalue weighted by Gasteiger charge is -2.15. The van der Waals surface area contributed by atoms with Gasteiger partial charge < -0.3 is 14.7 Å². The number of rotatable bonds is 3. The summed E-state index contributed by atoms with van der Waals surface area (Å²) in [4.78, 5) is 0. The Morgan fingerprint density at radius 2 is 2.00 bits per heavy atom. The number of fused-ring (bicyclic) bond motifs is 1. The van der Waals surface area contributed by atoms with Crippen molar-refractivity contribution in [1.82, 2.24) is 5.48 Å². The lowest BCUT2D eigenvalue weighted by Crippen LogP contribution is -2.10. The number of nitrogens with one attached hydrogen (secondary N) is 1. The minimum atomic E-state index is -1.12. The van der Waals surface area contributed by atoms with Gasteiger partial charge in [0.25, 0.3) is 0 Å². The van der Waals surface area contributed by atoms with Gasteiger partial charge >= 0.3 is 0 Å². The fraction of sp³-hybridized carbons (Fsp3) is 0.500. The van der Waals surface area contributed by atoms with Crippen molar-refractivity contribution in [3.8, 4) is 11.5 Å². The molecule has 0 radical (unpaired) electrons. The average molecular weight is 241 g/mol. The molecule has 0 amide bonds. The third-order valence-electron chi connectivity index (χ3n) is 2.71. The number of hydrogen-bond acceptors (Lipinski definition) is 4. The molecular weight excluding hydrogens is 225 g/mol. The Morgan fingerprint density at radius 1 is 1.35 bits per heavy atom. The first-order chi connectivity index (χ1) is 8.22. The molecule has 0 bridgehead atoms. The molecule has 0 aliphatic carbocycles. The Kier molecular flexibility index (Phi) is 3.81. The fourth-order valence-corrected chi connectivity index (χ4v) is 1.88. The highest BCUT2D eigenvalue weighted by molar-refractivity contribution is 5.48. The van der Waals surface area contributed by atoms with Crippen molar-refractivity contribution in [2.45, 2.75) is 26.1 Å². The summed E-state index contributed by atoms with van der Waals surface area (Å²) in [5.74, 6) is 1.18. The lowest BCUT2D eigenvalue weighted by molar-refractivity contribution is 0.160. The van der Waals surface area contributed by atoms with Gasteiger partial charge in [0, 0.05) is 13.0 Å². The van der Waals surface area contributed by atoms with Crippen LogP contribution < -0.4 is 15.0 Å². The van der Waals surface area contributed by atoms with E-state index in [4.69, 9.17) is 14.7 Å². The van der Waals surface area contributed by atoms with Crippen molar-refractivity contribution in [2.24, 2.45) is 0 Å². The van der Waals surface area contributed by atoms with Crippen LogP contribution in [0.25, 0.3) is 0 Å². The van der Waals surface area contributed by atoms with E-state index in [1.807, 2.05) is 5.48 Å². The maximum Gasteiger partial charge on any atom is 0.161 e. The van der Waals surface area contributed by atoms with Gasteiger partial charge in [0.15, 0.2) is 11.5 Å². The minimum absolute atomic E-state index is 0.181. The molecule has 0 fully saturated rings. The molecule has 1 aromatic carbocycles. The Bertz CT molecular complexity index is 396. The summed E-state index contributed by atoms with van der Waals surface area (Å²) in [6.07, 6.45) is -0.307. The van der Waals surface area contributed by atoms with Crippen LogP contribution in [0.4, 0.5) is 4.39 Å². The molecule has 1 heterocycles. The highest BCUT2D eigenvalue weighted by Crippen LogP contribution is 2.35. The monoisotopic (exact) mass is 241 g/mol. The van der Waals surface area contributed by atoms with Gasteiger partial charge in [0.05, 0.1) is 13.2 Å². The molecule has 0 aromatic heterocycles. The van der Waals surface area contributed by atoms with Crippen LogP contribution in [-0.2, 0) is 6.54 Å². The van der Waals surface area contributed by atoms with Crippen molar-refractivity contribution in [2.75, 3.05) is 13.2 Å². The first-order valence-electron chi connectivity index (χ1n) is 5.66. The van der Waals surface area contributed by atoms with Gasteiger partial charge in [-0.15, -0.1) is 0 Å². The molecule has 0 saturated heterocycles. The van der Waals surface area contributed by atoms with E-state index in [-0.39, 0.29) is 6.54 Å². The molecule has 5 heteroatoms. The second-order valence-electron chi connectivity index (χ2n) is 4.00. The van der Waals surface area contributed by atoms with Gasteiger partial charge in [-0.2, -0.15) is 0 Å². The predicted molar refractivity (Wildman–Crippen MR) is 60.2 cm³/mol. The number of ether oxygens (including phenoxy) is 2. The molecule has 1 aliphatic rings. The van der Waals surface area contributed by atoms with E-state index in [0.717, 1.165) is 6.42 Å². The van der Waals surface area contributed by atoms with Crippen LogP contribution in [0.15, 0.2) is 12.1 Å². The van der Waals surface area contributed by atoms with Crippen LogP contribution in [0.1, 0.15) is 30.6 Å². The summed E-state index contributed by atoms with van der Waals surface area (Å²) in [6.45, 7) is 2.80. The van der Waals surface area contributed by atoms with Gasteiger partial charge in [-0.05, 0) is 30.2 Å². The first kappa shape index (κ1) is 12.1. The minimum Gasteiger partial charge on any atom is -0.490 e. The largest absolute Gasteiger partial charge is 0.490 e. The standard InChI is InChI=1S/C12H16FNO3/c1-8(13)10-6-12-11(5-9(10)7-14-15)16-3-2-4-17-12/h5-6,8,14-15H,2-4,7H2,1H3. The zero-order chi connectivity index (χ0) is 12.3. The number of benzene rings is 1. The van der Waals surface area contributed by atoms with Gasteiger partial charge in [0.2, 0.25) is 0 Å². The van der Waals surface area contributed by atoms with Gasteiger partial charge in [-0.1, -0.05) is 0 Å². The molecule has 1 unspecified atom stereocenters. The average Bonchev–Trinajstić information content (AvgIpc) is 2.52. The van der Waals surface area contributed by atoms with Crippen LogP contribution in [0.3, 0.4) is 0 Å². The molecule has 1 atom stereocenters. The van der Waals surface area contributed by atoms with E-state index in [9.17, 15) is 4.39 Å². The van der Waals surface area contributed by atoms with Gasteiger partial charge in [-0.3, -0.25) is 0 Å². The normalized spacial score (nSPS) is 16.4. The smallest absolute Gasteiger partial charge is 0.161 e. The SMILES string of the molecule is CC(F)c1cc2c(cc1CNO)OCCCO2. The molecule has 17 heavy (non-hydrogen) atoms. The van der Waals surface area contributed by atoms with Crippen molar-refractivity contribution in [3.05, 3.63) is 23.3 Å². The molecule has 4 nitrogen and oxygen atoms in total. The van der Waals surface area contributed by atoms with Gasteiger partial charge in [0.1, 0.15) is 6.17 Å². The molecule has 1 aliphatic heterocycles. The second-order valence-corrected chi connectivity index (χ2v) is 4.00. The van der Waals surface area contributed by atoms with Crippen molar-refractivity contribution in [3.63, 3.8) is 0 Å². The van der Waals surface area contributed by atoms with E-state index in [0.29, 0.717) is 35.8 Å². The Morgan fingerprint density at radius 3 is 2.59 bits per heavy atom. The maximum absolute atomic E-state index is 13.5. The number of hydroxylamine groups is 1. The van der Waals surface area contributed by atoms with E-state index in [1.165, 1.54) is 6.92 Å². The van der Waals surface area contributed by atoms with Crippen LogP contribution in [0.2, 0.25) is 0 Å². The Labute approximate surface area is 99.3 Å². The van der Waals surface area contributed by atoms with Crippen molar-refractivity contribution < 1.29 is 19.1 Å². The second kappa shape index (κ2) is 5.33. The number of hydrogen-bond donors (Lipinski definition) is 2. The van der Waals surface area contributed by atoms with E-state index in [1.54, 1.807) is 12.1 Å². The predicted octanol–water partition coefficient (Wildman–Crippen LogP) is 2.36. The Hall–Kier alpha value is -1.33. The third-order valence-corrected chi connectivity index (χ3v) is 2.71. The molecule has 0 spiro atoms. The van der Waals surface area contributed by atoms with Crippen LogP contribution in [-0.4, -0.2) is 18.4 Å². The Balaban J connectivity index is 2.41. The number of alkyl halides is 1. The summed E-state index contributed by atoms with van der Waals surface area (Å²) in [6, 6.07) is 3.37. The van der Waals surface area contributed by atoms with E-state index < -0.39 is 6.17 Å². The first-order valence-corrected chi connectivity index (χ1v) is 5.66. The molecule has 94 valence electrons. The van der Waals surface area contributed by atoms with Crippen molar-refractivity contribution >= 4 is 0 Å². The summed E-state index contributed by atoms with van der Waals surface area (Å²) in [7, 11) is 0. The van der Waals surface area contributed by atoms with Crippen LogP contribution in [0, 0.1) is 0 Å². The molecular formula is C12H16FNO3. The summed E-state index contributed by atoms with van der Waals surface area (Å²) in [5.41, 5.74) is 3.22. The molecule has 2 N–H and O–H groups in total. The molecule has 0 saturated carbocycles. The van der Waals surface area contributed by atoms with E-state index in [2.05, 4.69) is 0 Å². The third kappa shape index (κ3) is 2.68. The highest BCUT2D eigenvalue weighted by Gasteiger charge is 2.17. The molecule has 2 rings (SSSR count). The quantitative estimate of drug-likeness (QED) is 0.798. The zero-order valence-corrected chi connectivity index (χ0v) is 9.70.